The molecule has 1 unspecified atom stereocenters. The molecule has 1 saturated carbocycles. The maximum atomic E-state index is 11.8. The van der Waals surface area contributed by atoms with Gasteiger partial charge in [0, 0.05) is 24.6 Å². The number of anilines is 1. The van der Waals surface area contributed by atoms with Crippen LogP contribution in [0.15, 0.2) is 18.2 Å². The van der Waals surface area contributed by atoms with Crippen LogP contribution in [0.3, 0.4) is 0 Å². The zero-order chi connectivity index (χ0) is 14.7. The zero-order valence-electron chi connectivity index (χ0n) is 10.7. The number of hydrogen-bond donors (Lipinski definition) is 2. The quantitative estimate of drug-likeness (QED) is 0.622. The summed E-state index contributed by atoms with van der Waals surface area (Å²) in [5, 5.41) is 22.2. The molecule has 1 aliphatic carbocycles. The van der Waals surface area contributed by atoms with E-state index in [2.05, 4.69) is 5.32 Å². The van der Waals surface area contributed by atoms with Gasteiger partial charge in [-0.15, -0.1) is 0 Å². The number of rotatable bonds is 5. The number of benzene rings is 1. The fraction of sp³-hybridized carbons (Fsp3) is 0.385. The third-order valence-electron chi connectivity index (χ3n) is 3.26. The van der Waals surface area contributed by atoms with Gasteiger partial charge in [-0.25, -0.2) is 0 Å². The molecule has 2 rings (SSSR count). The summed E-state index contributed by atoms with van der Waals surface area (Å²) in [5.41, 5.74) is 6.00. The molecule has 20 heavy (non-hydrogen) atoms. The SMILES string of the molecule is N#Cc1cc([N+](=O)[O-])ccc1NC(=O)CC(N)C1CC1. The fourth-order valence-corrected chi connectivity index (χ4v) is 1.95. The predicted octanol–water partition coefficient (Wildman–Crippen LogP) is 1.53. The molecule has 1 aromatic rings. The number of carbonyl (C=O) groups is 1. The Bertz CT molecular complexity index is 590. The number of carbonyl (C=O) groups excluding carboxylic acids is 1. The Morgan fingerprint density at radius 2 is 2.30 bits per heavy atom. The minimum Gasteiger partial charge on any atom is -0.327 e. The van der Waals surface area contributed by atoms with Crippen molar-refractivity contribution in [2.75, 3.05) is 5.32 Å². The molecule has 1 amide bonds. The molecule has 1 aliphatic rings. The standard InChI is InChI=1S/C13H14N4O3/c14-7-9-5-10(17(19)20)3-4-12(9)16-13(18)6-11(15)8-1-2-8/h3-5,8,11H,1-2,6,15H2,(H,16,18). The number of nitrogens with zero attached hydrogens (tertiary/aromatic N) is 2. The van der Waals surface area contributed by atoms with E-state index in [9.17, 15) is 14.9 Å². The van der Waals surface area contributed by atoms with Gasteiger partial charge < -0.3 is 11.1 Å². The first-order valence-electron chi connectivity index (χ1n) is 6.25. The van der Waals surface area contributed by atoms with Crippen molar-refractivity contribution in [3.05, 3.63) is 33.9 Å². The molecule has 0 radical (unpaired) electrons. The lowest BCUT2D eigenvalue weighted by molar-refractivity contribution is -0.384. The van der Waals surface area contributed by atoms with Crippen molar-refractivity contribution in [3.63, 3.8) is 0 Å². The molecule has 0 bridgehead atoms. The number of nitro benzene ring substituents is 1. The Balaban J connectivity index is 2.06. The van der Waals surface area contributed by atoms with E-state index in [4.69, 9.17) is 11.0 Å². The van der Waals surface area contributed by atoms with Crippen LogP contribution >= 0.6 is 0 Å². The average molecular weight is 274 g/mol. The zero-order valence-corrected chi connectivity index (χ0v) is 10.7. The lowest BCUT2D eigenvalue weighted by Gasteiger charge is -2.11. The molecule has 104 valence electrons. The molecule has 3 N–H and O–H groups in total. The number of nitrogens with two attached hydrogens (primary N) is 1. The minimum atomic E-state index is -0.588. The van der Waals surface area contributed by atoms with Crippen LogP contribution in [0.2, 0.25) is 0 Å². The van der Waals surface area contributed by atoms with Gasteiger partial charge in [0.2, 0.25) is 5.91 Å². The lowest BCUT2D eigenvalue weighted by Crippen LogP contribution is -2.29. The molecule has 7 nitrogen and oxygen atoms in total. The molecular weight excluding hydrogens is 260 g/mol. The van der Waals surface area contributed by atoms with Crippen molar-refractivity contribution in [1.29, 1.82) is 5.26 Å². The lowest BCUT2D eigenvalue weighted by atomic mass is 10.1. The van der Waals surface area contributed by atoms with E-state index in [0.29, 0.717) is 5.92 Å². The largest absolute Gasteiger partial charge is 0.327 e. The molecule has 1 fully saturated rings. The minimum absolute atomic E-state index is 0.0625. The van der Waals surface area contributed by atoms with E-state index in [-0.39, 0.29) is 35.3 Å². The maximum Gasteiger partial charge on any atom is 0.270 e. The summed E-state index contributed by atoms with van der Waals surface area (Å²) >= 11 is 0. The molecule has 1 aromatic carbocycles. The van der Waals surface area contributed by atoms with Gasteiger partial charge in [-0.05, 0) is 24.8 Å². The van der Waals surface area contributed by atoms with Crippen LogP contribution in [0.25, 0.3) is 0 Å². The van der Waals surface area contributed by atoms with Crippen molar-refractivity contribution in [2.45, 2.75) is 25.3 Å². The highest BCUT2D eigenvalue weighted by Crippen LogP contribution is 2.33. The second kappa shape index (κ2) is 5.67. The fourth-order valence-electron chi connectivity index (χ4n) is 1.95. The van der Waals surface area contributed by atoms with E-state index in [1.54, 1.807) is 0 Å². The number of hydrogen-bond acceptors (Lipinski definition) is 5. The first-order valence-corrected chi connectivity index (χ1v) is 6.25. The molecule has 0 saturated heterocycles. The smallest absolute Gasteiger partial charge is 0.270 e. The Morgan fingerprint density at radius 1 is 1.60 bits per heavy atom. The monoisotopic (exact) mass is 274 g/mol. The topological polar surface area (TPSA) is 122 Å². The predicted molar refractivity (Wildman–Crippen MR) is 71.8 cm³/mol. The Kier molecular flexibility index (Phi) is 3.96. The van der Waals surface area contributed by atoms with Crippen molar-refractivity contribution in [1.82, 2.24) is 0 Å². The van der Waals surface area contributed by atoms with Crippen molar-refractivity contribution < 1.29 is 9.72 Å². The van der Waals surface area contributed by atoms with Crippen LogP contribution in [0.1, 0.15) is 24.8 Å². The first kappa shape index (κ1) is 14.0. The van der Waals surface area contributed by atoms with Crippen molar-refractivity contribution >= 4 is 17.3 Å². The molecule has 0 aliphatic heterocycles. The van der Waals surface area contributed by atoms with Crippen LogP contribution in [0.4, 0.5) is 11.4 Å². The van der Waals surface area contributed by atoms with Crippen LogP contribution in [0.5, 0.6) is 0 Å². The Labute approximate surface area is 115 Å². The van der Waals surface area contributed by atoms with E-state index >= 15 is 0 Å². The van der Waals surface area contributed by atoms with Gasteiger partial charge in [0.1, 0.15) is 6.07 Å². The molecule has 0 heterocycles. The second-order valence-corrected chi connectivity index (χ2v) is 4.85. The molecular formula is C13H14N4O3. The third-order valence-corrected chi connectivity index (χ3v) is 3.26. The highest BCUT2D eigenvalue weighted by atomic mass is 16.6. The van der Waals surface area contributed by atoms with E-state index < -0.39 is 4.92 Å². The van der Waals surface area contributed by atoms with Crippen LogP contribution in [-0.2, 0) is 4.79 Å². The van der Waals surface area contributed by atoms with Gasteiger partial charge in [0.25, 0.3) is 5.69 Å². The molecule has 0 aromatic heterocycles. The Morgan fingerprint density at radius 3 is 2.85 bits per heavy atom. The molecule has 0 spiro atoms. The summed E-state index contributed by atoms with van der Waals surface area (Å²) in [7, 11) is 0. The van der Waals surface area contributed by atoms with Gasteiger partial charge in [0.05, 0.1) is 16.2 Å². The van der Waals surface area contributed by atoms with Crippen LogP contribution in [-0.4, -0.2) is 16.9 Å². The number of nitriles is 1. The number of nitro groups is 1. The number of nitrogens with one attached hydrogen (secondary N) is 1. The van der Waals surface area contributed by atoms with Gasteiger partial charge in [-0.3, -0.25) is 14.9 Å². The van der Waals surface area contributed by atoms with Crippen LogP contribution in [0, 0.1) is 27.4 Å². The second-order valence-electron chi connectivity index (χ2n) is 4.85. The number of non-ortho nitro benzene ring substituents is 1. The van der Waals surface area contributed by atoms with Crippen LogP contribution < -0.4 is 11.1 Å². The van der Waals surface area contributed by atoms with Crippen molar-refractivity contribution in [2.24, 2.45) is 11.7 Å². The van der Waals surface area contributed by atoms with Gasteiger partial charge >= 0.3 is 0 Å². The average Bonchev–Trinajstić information content (AvgIpc) is 3.22. The summed E-state index contributed by atoms with van der Waals surface area (Å²) in [5.74, 6) is 0.128. The van der Waals surface area contributed by atoms with E-state index in [1.807, 2.05) is 6.07 Å². The highest BCUT2D eigenvalue weighted by Gasteiger charge is 2.29. The van der Waals surface area contributed by atoms with Gasteiger partial charge in [-0.2, -0.15) is 5.26 Å². The maximum absolute atomic E-state index is 11.8. The number of amides is 1. The van der Waals surface area contributed by atoms with E-state index in [0.717, 1.165) is 18.9 Å². The summed E-state index contributed by atoms with van der Waals surface area (Å²) < 4.78 is 0. The summed E-state index contributed by atoms with van der Waals surface area (Å²) in [6, 6.07) is 5.41. The summed E-state index contributed by atoms with van der Waals surface area (Å²) in [6.45, 7) is 0. The van der Waals surface area contributed by atoms with Gasteiger partial charge in [-0.1, -0.05) is 0 Å². The van der Waals surface area contributed by atoms with Gasteiger partial charge in [0.15, 0.2) is 0 Å². The van der Waals surface area contributed by atoms with E-state index in [1.165, 1.54) is 12.1 Å². The van der Waals surface area contributed by atoms with Crippen molar-refractivity contribution in [3.8, 4) is 6.07 Å². The third kappa shape index (κ3) is 3.30. The molecule has 1 atom stereocenters. The normalized spacial score (nSPS) is 15.2. The summed E-state index contributed by atoms with van der Waals surface area (Å²) in [4.78, 5) is 21.8. The Hall–Kier alpha value is -2.46. The molecule has 7 heteroatoms. The highest BCUT2D eigenvalue weighted by molar-refractivity contribution is 5.92. The summed E-state index contributed by atoms with van der Waals surface area (Å²) in [6.07, 6.45) is 2.29. The first-order chi connectivity index (χ1) is 9.51.